The summed E-state index contributed by atoms with van der Waals surface area (Å²) in [4.78, 5) is 45.1. The molecule has 8 nitrogen and oxygen atoms in total. The smallest absolute Gasteiger partial charge is 0.344 e. The molecule has 0 aliphatic carbocycles. The molecule has 0 saturated heterocycles. The van der Waals surface area contributed by atoms with E-state index in [0.29, 0.717) is 0 Å². The van der Waals surface area contributed by atoms with Crippen molar-refractivity contribution in [2.45, 2.75) is 26.1 Å². The highest BCUT2D eigenvalue weighted by Gasteiger charge is 2.25. The summed E-state index contributed by atoms with van der Waals surface area (Å²) in [5, 5.41) is 17.4. The minimum Gasteiger partial charge on any atom is -0.479 e. The fourth-order valence-corrected chi connectivity index (χ4v) is 1.39. The highest BCUT2D eigenvalue weighted by Crippen LogP contribution is 2.14. The number of aliphatic carboxylic acids is 2. The summed E-state index contributed by atoms with van der Waals surface area (Å²) in [6.07, 6.45) is -2.79. The quantitative estimate of drug-likeness (QED) is 0.743. The molecule has 2 N–H and O–H groups in total. The molecule has 0 radical (unpaired) electrons. The van der Waals surface area contributed by atoms with E-state index in [2.05, 4.69) is 9.47 Å². The molecule has 0 aromatic heterocycles. The van der Waals surface area contributed by atoms with Crippen LogP contribution in [0.3, 0.4) is 0 Å². The number of benzene rings is 1. The molecule has 1 aromatic rings. The summed E-state index contributed by atoms with van der Waals surface area (Å²) in [6, 6.07) is 5.39. The average molecular weight is 310 g/mol. The molecule has 0 amide bonds. The Morgan fingerprint density at radius 1 is 0.818 bits per heavy atom. The summed E-state index contributed by atoms with van der Waals surface area (Å²) < 4.78 is 9.36. The maximum absolute atomic E-state index is 11.9. The number of esters is 2. The van der Waals surface area contributed by atoms with Crippen LogP contribution in [0.5, 0.6) is 0 Å². The van der Waals surface area contributed by atoms with Gasteiger partial charge in [0.1, 0.15) is 0 Å². The van der Waals surface area contributed by atoms with E-state index in [9.17, 15) is 19.2 Å². The lowest BCUT2D eigenvalue weighted by Gasteiger charge is -2.13. The summed E-state index contributed by atoms with van der Waals surface area (Å²) in [6.45, 7) is 2.32. The maximum atomic E-state index is 11.9. The highest BCUT2D eigenvalue weighted by molar-refractivity contribution is 6.04. The zero-order chi connectivity index (χ0) is 16.9. The van der Waals surface area contributed by atoms with E-state index in [1.165, 1.54) is 24.3 Å². The van der Waals surface area contributed by atoms with E-state index < -0.39 is 36.1 Å². The fourth-order valence-electron chi connectivity index (χ4n) is 1.39. The van der Waals surface area contributed by atoms with Crippen molar-refractivity contribution in [2.75, 3.05) is 0 Å². The number of rotatable bonds is 6. The van der Waals surface area contributed by atoms with Crippen LogP contribution in [-0.4, -0.2) is 46.3 Å². The molecule has 0 spiro atoms. The van der Waals surface area contributed by atoms with Crippen molar-refractivity contribution in [1.82, 2.24) is 0 Å². The van der Waals surface area contributed by atoms with Crippen LogP contribution in [0.15, 0.2) is 24.3 Å². The van der Waals surface area contributed by atoms with E-state index in [0.717, 1.165) is 13.8 Å². The van der Waals surface area contributed by atoms with Crippen molar-refractivity contribution in [2.24, 2.45) is 0 Å². The topological polar surface area (TPSA) is 127 Å². The summed E-state index contributed by atoms with van der Waals surface area (Å²) in [5.41, 5.74) is -0.420. The van der Waals surface area contributed by atoms with Gasteiger partial charge < -0.3 is 19.7 Å². The SMILES string of the molecule is CC(OC(=O)c1ccccc1C(=O)OC(C)C(=O)O)C(=O)O. The predicted octanol–water partition coefficient (Wildman–Crippen LogP) is 0.946. The van der Waals surface area contributed by atoms with Gasteiger partial charge in [-0.3, -0.25) is 0 Å². The Morgan fingerprint density at radius 3 is 1.41 bits per heavy atom. The van der Waals surface area contributed by atoms with Crippen molar-refractivity contribution < 1.29 is 38.9 Å². The molecular weight excluding hydrogens is 296 g/mol. The van der Waals surface area contributed by atoms with Crippen LogP contribution in [0.4, 0.5) is 0 Å². The molecule has 8 heteroatoms. The number of hydrogen-bond donors (Lipinski definition) is 2. The van der Waals surface area contributed by atoms with Gasteiger partial charge in [0.2, 0.25) is 0 Å². The number of hydrogen-bond acceptors (Lipinski definition) is 6. The molecule has 22 heavy (non-hydrogen) atoms. The van der Waals surface area contributed by atoms with Crippen molar-refractivity contribution in [3.05, 3.63) is 35.4 Å². The number of ether oxygens (including phenoxy) is 2. The van der Waals surface area contributed by atoms with Crippen LogP contribution in [0.1, 0.15) is 34.6 Å². The molecule has 0 bridgehead atoms. The molecule has 1 aromatic carbocycles. The van der Waals surface area contributed by atoms with Crippen LogP contribution in [0, 0.1) is 0 Å². The standard InChI is InChI=1S/C14H14O8/c1-7(11(15)16)21-13(19)9-5-3-4-6-10(9)14(20)22-8(2)12(17)18/h3-8H,1-2H3,(H,15,16)(H,17,18). The lowest BCUT2D eigenvalue weighted by atomic mass is 10.1. The second-order valence-electron chi connectivity index (χ2n) is 4.32. The zero-order valence-corrected chi connectivity index (χ0v) is 11.8. The Kier molecular flexibility index (Phi) is 5.62. The minimum atomic E-state index is -1.39. The molecule has 2 unspecified atom stereocenters. The summed E-state index contributed by atoms with van der Waals surface area (Å²) >= 11 is 0. The third-order valence-electron chi connectivity index (χ3n) is 2.63. The summed E-state index contributed by atoms with van der Waals surface area (Å²) in [7, 11) is 0. The number of carbonyl (C=O) groups excluding carboxylic acids is 2. The number of carboxylic acids is 2. The van der Waals surface area contributed by atoms with E-state index >= 15 is 0 Å². The molecule has 0 heterocycles. The fraction of sp³-hybridized carbons (Fsp3) is 0.286. The normalized spacial score (nSPS) is 12.8. The number of carbonyl (C=O) groups is 4. The van der Waals surface area contributed by atoms with Gasteiger partial charge in [0.05, 0.1) is 11.1 Å². The van der Waals surface area contributed by atoms with Gasteiger partial charge in [0, 0.05) is 0 Å². The average Bonchev–Trinajstić information content (AvgIpc) is 2.46. The molecule has 0 saturated carbocycles. The van der Waals surface area contributed by atoms with Crippen molar-refractivity contribution in [3.8, 4) is 0 Å². The van der Waals surface area contributed by atoms with Crippen LogP contribution < -0.4 is 0 Å². The lowest BCUT2D eigenvalue weighted by Crippen LogP contribution is -2.27. The second-order valence-corrected chi connectivity index (χ2v) is 4.32. The van der Waals surface area contributed by atoms with Gasteiger partial charge in [-0.2, -0.15) is 0 Å². The first kappa shape index (κ1) is 17.2. The van der Waals surface area contributed by atoms with Gasteiger partial charge in [-0.15, -0.1) is 0 Å². The summed E-state index contributed by atoms with van der Waals surface area (Å²) in [5.74, 6) is -4.73. The van der Waals surface area contributed by atoms with Gasteiger partial charge in [0.25, 0.3) is 0 Å². The van der Waals surface area contributed by atoms with Gasteiger partial charge in [-0.25, -0.2) is 19.2 Å². The van der Waals surface area contributed by atoms with Crippen LogP contribution in [0.2, 0.25) is 0 Å². The largest absolute Gasteiger partial charge is 0.479 e. The Morgan fingerprint density at radius 2 is 1.14 bits per heavy atom. The Hall–Kier alpha value is -2.90. The van der Waals surface area contributed by atoms with E-state index in [4.69, 9.17) is 10.2 Å². The van der Waals surface area contributed by atoms with Crippen LogP contribution in [0.25, 0.3) is 0 Å². The third kappa shape index (κ3) is 4.30. The molecule has 0 fully saturated rings. The second kappa shape index (κ2) is 7.21. The minimum absolute atomic E-state index is 0.210. The molecule has 0 aliphatic heterocycles. The molecule has 2 atom stereocenters. The lowest BCUT2D eigenvalue weighted by molar-refractivity contribution is -0.146. The van der Waals surface area contributed by atoms with Gasteiger partial charge in [-0.05, 0) is 26.0 Å². The van der Waals surface area contributed by atoms with Crippen molar-refractivity contribution >= 4 is 23.9 Å². The van der Waals surface area contributed by atoms with Crippen molar-refractivity contribution in [3.63, 3.8) is 0 Å². The van der Waals surface area contributed by atoms with E-state index in [1.54, 1.807) is 0 Å². The van der Waals surface area contributed by atoms with Crippen molar-refractivity contribution in [1.29, 1.82) is 0 Å². The number of carboxylic acid groups (broad SMARTS) is 2. The third-order valence-corrected chi connectivity index (χ3v) is 2.63. The van der Waals surface area contributed by atoms with Crippen LogP contribution >= 0.6 is 0 Å². The molecule has 118 valence electrons. The molecular formula is C14H14O8. The monoisotopic (exact) mass is 310 g/mol. The Bertz CT molecular complexity index is 554. The Labute approximate surface area is 125 Å². The predicted molar refractivity (Wildman–Crippen MR) is 71.5 cm³/mol. The zero-order valence-electron chi connectivity index (χ0n) is 11.8. The van der Waals surface area contributed by atoms with Gasteiger partial charge >= 0.3 is 23.9 Å². The molecule has 1 rings (SSSR count). The van der Waals surface area contributed by atoms with E-state index in [1.807, 2.05) is 0 Å². The van der Waals surface area contributed by atoms with Gasteiger partial charge in [0.15, 0.2) is 12.2 Å². The first-order valence-electron chi connectivity index (χ1n) is 6.20. The highest BCUT2D eigenvalue weighted by atomic mass is 16.6. The Balaban J connectivity index is 2.99. The first-order chi connectivity index (χ1) is 10.2. The molecule has 0 aliphatic rings. The van der Waals surface area contributed by atoms with Crippen LogP contribution in [-0.2, 0) is 19.1 Å². The maximum Gasteiger partial charge on any atom is 0.344 e. The van der Waals surface area contributed by atoms with Gasteiger partial charge in [-0.1, -0.05) is 12.1 Å². The first-order valence-corrected chi connectivity index (χ1v) is 6.20. The van der Waals surface area contributed by atoms with E-state index in [-0.39, 0.29) is 11.1 Å².